The van der Waals surface area contributed by atoms with Gasteiger partial charge in [-0.05, 0) is 23.7 Å². The van der Waals surface area contributed by atoms with Gasteiger partial charge in [0.15, 0.2) is 8.32 Å². The molecule has 1 unspecified atom stereocenters. The van der Waals surface area contributed by atoms with Gasteiger partial charge in [-0.15, -0.1) is 0 Å². The molecular weight excluding hydrogens is 332 g/mol. The van der Waals surface area contributed by atoms with Crippen molar-refractivity contribution in [2.24, 2.45) is 0 Å². The van der Waals surface area contributed by atoms with Crippen LogP contribution >= 0.6 is 0 Å². The quantitative estimate of drug-likeness (QED) is 0.446. The molecule has 0 saturated heterocycles. The molecule has 1 aromatic rings. The summed E-state index contributed by atoms with van der Waals surface area (Å²) in [4.78, 5) is 0. The van der Waals surface area contributed by atoms with E-state index >= 15 is 0 Å². The maximum absolute atomic E-state index is 7.43. The first-order chi connectivity index (χ1) is 7.78. The fourth-order valence-corrected chi connectivity index (χ4v) is 2.42. The van der Waals surface area contributed by atoms with Gasteiger partial charge in [0.2, 0.25) is 0 Å². The van der Waals surface area contributed by atoms with Crippen molar-refractivity contribution in [1.29, 1.82) is 0 Å². The molecule has 0 aliphatic heterocycles. The number of rotatable bonds is 3. The van der Waals surface area contributed by atoms with Gasteiger partial charge in [0.25, 0.3) is 0 Å². The van der Waals surface area contributed by atoms with E-state index in [-0.39, 0.29) is 33.5 Å². The molecule has 3 heteroatoms. The van der Waals surface area contributed by atoms with E-state index < -0.39 is 8.32 Å². The van der Waals surface area contributed by atoms with Crippen LogP contribution in [0.15, 0.2) is 30.3 Å². The SMILES string of the molecule is [Ag+].[C-]#CC(O[Si](C)(C)C(C)(C)C)c1ccccc1. The average Bonchev–Trinajstić information content (AvgIpc) is 2.25. The summed E-state index contributed by atoms with van der Waals surface area (Å²) in [5.74, 6) is 2.51. The van der Waals surface area contributed by atoms with Crippen LogP contribution in [0.2, 0.25) is 18.1 Å². The summed E-state index contributed by atoms with van der Waals surface area (Å²) in [5.41, 5.74) is 1.01. The Balaban J connectivity index is 0.00000289. The van der Waals surface area contributed by atoms with Crippen LogP contribution in [0.25, 0.3) is 0 Å². The van der Waals surface area contributed by atoms with Gasteiger partial charge in [-0.1, -0.05) is 51.1 Å². The Hall–Kier alpha value is -0.303. The van der Waals surface area contributed by atoms with Gasteiger partial charge in [-0.3, -0.25) is 0 Å². The minimum absolute atomic E-state index is 0. The van der Waals surface area contributed by atoms with Gasteiger partial charge in [-0.25, -0.2) is 0 Å². The van der Waals surface area contributed by atoms with E-state index in [1.807, 2.05) is 30.3 Å². The van der Waals surface area contributed by atoms with Crippen LogP contribution in [0, 0.1) is 12.3 Å². The first kappa shape index (κ1) is 17.7. The molecule has 1 nitrogen and oxygen atoms in total. The molecule has 0 aliphatic carbocycles. The Bertz CT molecular complexity index is 401. The summed E-state index contributed by atoms with van der Waals surface area (Å²) in [5, 5.41) is 0.150. The van der Waals surface area contributed by atoms with E-state index in [1.165, 1.54) is 0 Å². The van der Waals surface area contributed by atoms with Crippen molar-refractivity contribution >= 4 is 8.32 Å². The molecule has 102 valence electrons. The van der Waals surface area contributed by atoms with Crippen molar-refractivity contribution < 1.29 is 26.8 Å². The molecular formula is C15H21AgOSi. The smallest absolute Gasteiger partial charge is 0.691 e. The second-order valence-electron chi connectivity index (χ2n) is 5.81. The van der Waals surface area contributed by atoms with Gasteiger partial charge < -0.3 is 16.8 Å². The van der Waals surface area contributed by atoms with Crippen LogP contribution in [-0.2, 0) is 26.8 Å². The fraction of sp³-hybridized carbons (Fsp3) is 0.467. The van der Waals surface area contributed by atoms with Crippen LogP contribution in [0.3, 0.4) is 0 Å². The van der Waals surface area contributed by atoms with E-state index in [0.717, 1.165) is 5.56 Å². The maximum Gasteiger partial charge on any atom is 1.00 e. The summed E-state index contributed by atoms with van der Waals surface area (Å²) < 4.78 is 6.18. The minimum Gasteiger partial charge on any atom is -0.691 e. The Morgan fingerprint density at radius 2 is 1.67 bits per heavy atom. The molecule has 0 spiro atoms. The van der Waals surface area contributed by atoms with Crippen LogP contribution in [0.5, 0.6) is 0 Å². The third-order valence-electron chi connectivity index (χ3n) is 3.45. The molecule has 1 rings (SSSR count). The predicted molar refractivity (Wildman–Crippen MR) is 74.6 cm³/mol. The molecule has 18 heavy (non-hydrogen) atoms. The third kappa shape index (κ3) is 4.42. The molecule has 0 fully saturated rings. The Kier molecular flexibility index (Phi) is 6.63. The standard InChI is InChI=1S/C15H21OSi.Ag/c1-7-14(13-11-9-8-10-12-13)16-17(5,6)15(2,3)4;/h8-12,14H,2-6H3;/q-1;+1. The van der Waals surface area contributed by atoms with Crippen LogP contribution in [-0.4, -0.2) is 8.32 Å². The van der Waals surface area contributed by atoms with E-state index in [4.69, 9.17) is 10.8 Å². The summed E-state index contributed by atoms with van der Waals surface area (Å²) in [6, 6.07) is 9.87. The van der Waals surface area contributed by atoms with Crippen LogP contribution < -0.4 is 0 Å². The largest absolute Gasteiger partial charge is 1.00 e. The topological polar surface area (TPSA) is 9.23 Å². The van der Waals surface area contributed by atoms with Crippen molar-refractivity contribution in [3.63, 3.8) is 0 Å². The predicted octanol–water partition coefficient (Wildman–Crippen LogP) is 4.34. The summed E-state index contributed by atoms with van der Waals surface area (Å²) in [6.07, 6.45) is 7.09. The van der Waals surface area contributed by atoms with Gasteiger partial charge in [0.1, 0.15) is 0 Å². The fourth-order valence-electron chi connectivity index (χ4n) is 1.28. The van der Waals surface area contributed by atoms with E-state index in [9.17, 15) is 0 Å². The zero-order valence-corrected chi connectivity index (χ0v) is 14.2. The minimum atomic E-state index is -1.85. The van der Waals surface area contributed by atoms with Crippen LogP contribution in [0.1, 0.15) is 32.4 Å². The molecule has 1 aromatic carbocycles. The average molecular weight is 353 g/mol. The maximum atomic E-state index is 7.43. The van der Waals surface area contributed by atoms with Crippen molar-refractivity contribution in [2.75, 3.05) is 0 Å². The second kappa shape index (κ2) is 6.75. The summed E-state index contributed by atoms with van der Waals surface area (Å²) in [6.45, 7) is 11.0. The third-order valence-corrected chi connectivity index (χ3v) is 7.89. The number of hydrogen-bond donors (Lipinski definition) is 0. The Morgan fingerprint density at radius 1 is 1.17 bits per heavy atom. The van der Waals surface area contributed by atoms with E-state index in [1.54, 1.807) is 0 Å². The first-order valence-electron chi connectivity index (χ1n) is 5.93. The summed E-state index contributed by atoms with van der Waals surface area (Å²) >= 11 is 0. The molecule has 0 aliphatic rings. The van der Waals surface area contributed by atoms with E-state index in [0.29, 0.717) is 0 Å². The normalized spacial score (nSPS) is 13.3. The van der Waals surface area contributed by atoms with Gasteiger partial charge in [0.05, 0.1) is 6.10 Å². The zero-order chi connectivity index (χ0) is 13.1. The first-order valence-corrected chi connectivity index (χ1v) is 8.84. The molecule has 0 bridgehead atoms. The second-order valence-corrected chi connectivity index (χ2v) is 10.6. The van der Waals surface area contributed by atoms with Crippen LogP contribution in [0.4, 0.5) is 0 Å². The Labute approximate surface area is 128 Å². The van der Waals surface area contributed by atoms with E-state index in [2.05, 4.69) is 39.8 Å². The molecule has 0 amide bonds. The monoisotopic (exact) mass is 352 g/mol. The van der Waals surface area contributed by atoms with Crippen molar-refractivity contribution in [3.8, 4) is 5.92 Å². The summed E-state index contributed by atoms with van der Waals surface area (Å²) in [7, 11) is -1.85. The number of benzene rings is 1. The molecule has 1 atom stereocenters. The van der Waals surface area contributed by atoms with Gasteiger partial charge in [0, 0.05) is 0 Å². The van der Waals surface area contributed by atoms with Crippen molar-refractivity contribution in [3.05, 3.63) is 42.3 Å². The molecule has 0 N–H and O–H groups in total. The molecule has 0 heterocycles. The Morgan fingerprint density at radius 3 is 2.06 bits per heavy atom. The van der Waals surface area contributed by atoms with Crippen molar-refractivity contribution in [2.45, 2.75) is 45.0 Å². The number of hydrogen-bond acceptors (Lipinski definition) is 1. The van der Waals surface area contributed by atoms with Gasteiger partial charge in [-0.2, -0.15) is 0 Å². The van der Waals surface area contributed by atoms with Crippen molar-refractivity contribution in [1.82, 2.24) is 0 Å². The zero-order valence-electron chi connectivity index (χ0n) is 11.7. The van der Waals surface area contributed by atoms with Gasteiger partial charge >= 0.3 is 22.4 Å². The molecule has 0 aromatic heterocycles. The molecule has 0 saturated carbocycles. The molecule has 0 radical (unpaired) electrons.